The second kappa shape index (κ2) is 6.53. The van der Waals surface area contributed by atoms with Gasteiger partial charge in [-0.05, 0) is 13.8 Å². The van der Waals surface area contributed by atoms with Crippen LogP contribution < -0.4 is 10.2 Å². The Balaban J connectivity index is 1.50. The number of amides is 2. The Morgan fingerprint density at radius 2 is 2.04 bits per heavy atom. The molecule has 2 aromatic rings. The van der Waals surface area contributed by atoms with Crippen molar-refractivity contribution in [3.8, 4) is 0 Å². The molecule has 1 saturated heterocycles. The zero-order valence-electron chi connectivity index (χ0n) is 13.6. The van der Waals surface area contributed by atoms with Gasteiger partial charge in [-0.15, -0.1) is 11.3 Å². The molecule has 0 aromatic carbocycles. The molecule has 0 unspecified atom stereocenters. The van der Waals surface area contributed by atoms with Crippen LogP contribution in [0.3, 0.4) is 0 Å². The normalized spacial score (nSPS) is 15.1. The first-order valence-electron chi connectivity index (χ1n) is 7.59. The predicted molar refractivity (Wildman–Crippen MR) is 88.6 cm³/mol. The molecule has 9 heteroatoms. The summed E-state index contributed by atoms with van der Waals surface area (Å²) < 4.78 is 1.66. The number of nitrogens with one attached hydrogen (secondary N) is 1. The molecule has 0 spiro atoms. The lowest BCUT2D eigenvalue weighted by molar-refractivity contribution is 0.193. The lowest BCUT2D eigenvalue weighted by Crippen LogP contribution is -2.51. The highest BCUT2D eigenvalue weighted by Gasteiger charge is 2.23. The van der Waals surface area contributed by atoms with E-state index in [4.69, 9.17) is 0 Å². The lowest BCUT2D eigenvalue weighted by atomic mass is 10.3. The number of carbonyl (C=O) groups excluding carboxylic acids is 1. The number of piperazine rings is 1. The number of carbonyl (C=O) groups is 1. The van der Waals surface area contributed by atoms with Crippen molar-refractivity contribution in [3.05, 3.63) is 22.7 Å². The number of nitrogens with zero attached hydrogens (tertiary/aromatic N) is 6. The van der Waals surface area contributed by atoms with Gasteiger partial charge in [0.05, 0.1) is 12.2 Å². The van der Waals surface area contributed by atoms with Crippen molar-refractivity contribution < 1.29 is 4.79 Å². The van der Waals surface area contributed by atoms with Crippen LogP contribution in [-0.4, -0.2) is 56.9 Å². The third-order valence-electron chi connectivity index (χ3n) is 4.06. The summed E-state index contributed by atoms with van der Waals surface area (Å²) in [5.41, 5.74) is 1.09. The number of urea groups is 1. The molecule has 1 fully saturated rings. The van der Waals surface area contributed by atoms with Gasteiger partial charge in [0.1, 0.15) is 12.2 Å². The highest BCUT2D eigenvalue weighted by atomic mass is 32.1. The van der Waals surface area contributed by atoms with E-state index in [0.717, 1.165) is 29.7 Å². The number of anilines is 1. The quantitative estimate of drug-likeness (QED) is 0.902. The average Bonchev–Trinajstić information content (AvgIpc) is 3.11. The summed E-state index contributed by atoms with van der Waals surface area (Å²) in [5, 5.41) is 7.94. The first-order chi connectivity index (χ1) is 11.0. The Morgan fingerprint density at radius 1 is 1.30 bits per heavy atom. The van der Waals surface area contributed by atoms with Crippen LogP contribution in [0.1, 0.15) is 16.4 Å². The maximum absolute atomic E-state index is 12.2. The third kappa shape index (κ3) is 3.44. The SMILES string of the molecule is Cc1nc(N2CCN(C(=O)NCc3ncnn3C)CC2)sc1C. The number of aryl methyl sites for hydroxylation is 3. The van der Waals surface area contributed by atoms with Crippen LogP contribution in [0, 0.1) is 13.8 Å². The molecular formula is C14H21N7OS. The van der Waals surface area contributed by atoms with Crippen molar-refractivity contribution >= 4 is 22.5 Å². The summed E-state index contributed by atoms with van der Waals surface area (Å²) in [6.45, 7) is 7.52. The fourth-order valence-electron chi connectivity index (χ4n) is 2.44. The Hall–Kier alpha value is -2.16. The average molecular weight is 335 g/mol. The molecule has 124 valence electrons. The van der Waals surface area contributed by atoms with Crippen LogP contribution in [-0.2, 0) is 13.6 Å². The van der Waals surface area contributed by atoms with E-state index in [1.165, 1.54) is 11.2 Å². The molecule has 0 radical (unpaired) electrons. The highest BCUT2D eigenvalue weighted by Crippen LogP contribution is 2.25. The van der Waals surface area contributed by atoms with E-state index >= 15 is 0 Å². The molecule has 2 aromatic heterocycles. The molecule has 3 rings (SSSR count). The van der Waals surface area contributed by atoms with Gasteiger partial charge < -0.3 is 15.1 Å². The van der Waals surface area contributed by atoms with Crippen LogP contribution in [0.15, 0.2) is 6.33 Å². The Kier molecular flexibility index (Phi) is 4.46. The highest BCUT2D eigenvalue weighted by molar-refractivity contribution is 7.15. The number of aromatic nitrogens is 4. The summed E-state index contributed by atoms with van der Waals surface area (Å²) in [6, 6.07) is -0.0563. The fraction of sp³-hybridized carbons (Fsp3) is 0.571. The molecule has 0 aliphatic carbocycles. The van der Waals surface area contributed by atoms with E-state index in [1.807, 2.05) is 18.9 Å². The summed E-state index contributed by atoms with van der Waals surface area (Å²) in [5.74, 6) is 0.741. The minimum absolute atomic E-state index is 0.0563. The first-order valence-corrected chi connectivity index (χ1v) is 8.41. The molecule has 3 heterocycles. The van der Waals surface area contributed by atoms with Crippen molar-refractivity contribution in [3.63, 3.8) is 0 Å². The Bertz CT molecular complexity index is 668. The molecule has 8 nitrogen and oxygen atoms in total. The van der Waals surface area contributed by atoms with Gasteiger partial charge in [-0.1, -0.05) is 0 Å². The zero-order valence-corrected chi connectivity index (χ0v) is 14.4. The predicted octanol–water partition coefficient (Wildman–Crippen LogP) is 0.920. The van der Waals surface area contributed by atoms with Gasteiger partial charge in [0.15, 0.2) is 5.13 Å². The van der Waals surface area contributed by atoms with E-state index in [9.17, 15) is 4.79 Å². The number of hydrogen-bond donors (Lipinski definition) is 1. The van der Waals surface area contributed by atoms with E-state index < -0.39 is 0 Å². The monoisotopic (exact) mass is 335 g/mol. The second-order valence-electron chi connectivity index (χ2n) is 5.57. The summed E-state index contributed by atoms with van der Waals surface area (Å²) in [4.78, 5) is 26.3. The van der Waals surface area contributed by atoms with Gasteiger partial charge >= 0.3 is 6.03 Å². The van der Waals surface area contributed by atoms with E-state index in [1.54, 1.807) is 16.0 Å². The molecule has 0 atom stereocenters. The van der Waals surface area contributed by atoms with E-state index in [-0.39, 0.29) is 6.03 Å². The van der Waals surface area contributed by atoms with Gasteiger partial charge in [0.25, 0.3) is 0 Å². The van der Waals surface area contributed by atoms with Crippen molar-refractivity contribution in [1.82, 2.24) is 30.0 Å². The van der Waals surface area contributed by atoms with Gasteiger partial charge in [0.2, 0.25) is 0 Å². The smallest absolute Gasteiger partial charge is 0.317 e. The summed E-state index contributed by atoms with van der Waals surface area (Å²) in [7, 11) is 1.81. The Morgan fingerprint density at radius 3 is 2.61 bits per heavy atom. The van der Waals surface area contributed by atoms with Gasteiger partial charge in [0, 0.05) is 38.1 Å². The van der Waals surface area contributed by atoms with Crippen LogP contribution >= 0.6 is 11.3 Å². The van der Waals surface area contributed by atoms with Gasteiger partial charge in [-0.2, -0.15) is 5.10 Å². The van der Waals surface area contributed by atoms with E-state index in [0.29, 0.717) is 19.6 Å². The van der Waals surface area contributed by atoms with Crippen molar-refractivity contribution in [2.45, 2.75) is 20.4 Å². The van der Waals surface area contributed by atoms with Gasteiger partial charge in [-0.25, -0.2) is 14.8 Å². The maximum atomic E-state index is 12.2. The minimum atomic E-state index is -0.0563. The molecule has 0 bridgehead atoms. The van der Waals surface area contributed by atoms with Crippen LogP contribution in [0.2, 0.25) is 0 Å². The molecule has 2 amide bonds. The second-order valence-corrected chi connectivity index (χ2v) is 6.75. The van der Waals surface area contributed by atoms with Crippen LogP contribution in [0.4, 0.5) is 9.93 Å². The topological polar surface area (TPSA) is 79.2 Å². The maximum Gasteiger partial charge on any atom is 0.317 e. The number of hydrogen-bond acceptors (Lipinski definition) is 6. The summed E-state index contributed by atoms with van der Waals surface area (Å²) in [6.07, 6.45) is 1.48. The fourth-order valence-corrected chi connectivity index (χ4v) is 3.40. The first kappa shape index (κ1) is 15.7. The van der Waals surface area contributed by atoms with E-state index in [2.05, 4.69) is 32.2 Å². The zero-order chi connectivity index (χ0) is 16.4. The Labute approximate surface area is 139 Å². The summed E-state index contributed by atoms with van der Waals surface area (Å²) >= 11 is 1.72. The third-order valence-corrected chi connectivity index (χ3v) is 5.19. The number of rotatable bonds is 3. The molecule has 1 N–H and O–H groups in total. The molecule has 1 aliphatic heterocycles. The van der Waals surface area contributed by atoms with Crippen LogP contribution in [0.25, 0.3) is 0 Å². The van der Waals surface area contributed by atoms with Gasteiger partial charge in [-0.3, -0.25) is 4.68 Å². The minimum Gasteiger partial charge on any atom is -0.345 e. The van der Waals surface area contributed by atoms with Crippen molar-refractivity contribution in [2.75, 3.05) is 31.1 Å². The molecule has 23 heavy (non-hydrogen) atoms. The van der Waals surface area contributed by atoms with Crippen molar-refractivity contribution in [2.24, 2.45) is 7.05 Å². The molecule has 1 aliphatic rings. The molecule has 0 saturated carbocycles. The van der Waals surface area contributed by atoms with Crippen molar-refractivity contribution in [1.29, 1.82) is 0 Å². The van der Waals surface area contributed by atoms with Crippen LogP contribution in [0.5, 0.6) is 0 Å². The largest absolute Gasteiger partial charge is 0.345 e. The molecular weight excluding hydrogens is 314 g/mol. The standard InChI is InChI=1S/C14H21N7OS/c1-10-11(2)23-14(18-10)21-6-4-20(5-7-21)13(22)15-8-12-16-9-17-19(12)3/h9H,4-8H2,1-3H3,(H,15,22). The lowest BCUT2D eigenvalue weighted by Gasteiger charge is -2.34. The number of thiazole rings is 1.